The minimum atomic E-state index is -0.832. The van der Waals surface area contributed by atoms with Crippen LogP contribution in [0.15, 0.2) is 12.7 Å². The van der Waals surface area contributed by atoms with E-state index in [4.69, 9.17) is 9.84 Å². The van der Waals surface area contributed by atoms with Crippen LogP contribution in [0, 0.1) is 0 Å². The molecule has 0 saturated carbocycles. The third kappa shape index (κ3) is 10.7. The van der Waals surface area contributed by atoms with E-state index in [0.29, 0.717) is 19.3 Å². The van der Waals surface area contributed by atoms with E-state index in [1.807, 2.05) is 0 Å². The second kappa shape index (κ2) is 10.3. The Hall–Kier alpha value is -1.85. The average Bonchev–Trinajstić information content (AvgIpc) is 2.33. The molecule has 0 aromatic heterocycles. The molecule has 0 aromatic rings. The van der Waals surface area contributed by atoms with E-state index in [2.05, 4.69) is 11.3 Å². The first kappa shape index (κ1) is 16.1. The topological polar surface area (TPSA) is 89.9 Å². The van der Waals surface area contributed by atoms with Crippen molar-refractivity contribution in [1.29, 1.82) is 0 Å². The fraction of sp³-hybridized carbons (Fsp3) is 0.583. The first-order chi connectivity index (χ1) is 8.56. The molecule has 0 amide bonds. The summed E-state index contributed by atoms with van der Waals surface area (Å²) in [6.45, 7) is 3.25. The molecule has 0 radical (unpaired) electrons. The molecule has 0 unspecified atom stereocenters. The molecule has 0 fully saturated rings. The molecule has 0 aliphatic rings. The van der Waals surface area contributed by atoms with Gasteiger partial charge in [-0.3, -0.25) is 9.59 Å². The molecular weight excluding hydrogens is 240 g/mol. The standard InChI is InChI=1S/C12H18O6/c1-2-11(15)17-8-9-18-12(16)7-5-3-4-6-10(13)14/h2H,1,3-9H2,(H,13,14). The van der Waals surface area contributed by atoms with Crippen LogP contribution in [0.5, 0.6) is 0 Å². The molecule has 102 valence electrons. The Morgan fingerprint density at radius 3 is 2.22 bits per heavy atom. The van der Waals surface area contributed by atoms with Crippen molar-refractivity contribution in [3.63, 3.8) is 0 Å². The van der Waals surface area contributed by atoms with Gasteiger partial charge in [0.05, 0.1) is 0 Å². The van der Waals surface area contributed by atoms with Gasteiger partial charge in [-0.15, -0.1) is 0 Å². The van der Waals surface area contributed by atoms with Crippen LogP contribution in [0.3, 0.4) is 0 Å². The number of rotatable bonds is 10. The fourth-order valence-corrected chi connectivity index (χ4v) is 1.15. The summed E-state index contributed by atoms with van der Waals surface area (Å²) in [5, 5.41) is 8.39. The van der Waals surface area contributed by atoms with Crippen molar-refractivity contribution in [2.75, 3.05) is 13.2 Å². The maximum absolute atomic E-state index is 11.2. The number of unbranched alkanes of at least 4 members (excludes halogenated alkanes) is 2. The molecular formula is C12H18O6. The molecule has 0 aromatic carbocycles. The van der Waals surface area contributed by atoms with E-state index in [9.17, 15) is 14.4 Å². The van der Waals surface area contributed by atoms with Crippen molar-refractivity contribution in [1.82, 2.24) is 0 Å². The molecule has 18 heavy (non-hydrogen) atoms. The van der Waals surface area contributed by atoms with Crippen LogP contribution >= 0.6 is 0 Å². The third-order valence-corrected chi connectivity index (χ3v) is 2.03. The molecule has 0 bridgehead atoms. The molecule has 0 aliphatic carbocycles. The highest BCUT2D eigenvalue weighted by atomic mass is 16.6. The Balaban J connectivity index is 3.35. The van der Waals surface area contributed by atoms with Gasteiger partial charge in [0.25, 0.3) is 0 Å². The van der Waals surface area contributed by atoms with Gasteiger partial charge >= 0.3 is 17.9 Å². The van der Waals surface area contributed by atoms with Crippen molar-refractivity contribution in [2.45, 2.75) is 32.1 Å². The highest BCUT2D eigenvalue weighted by Crippen LogP contribution is 2.04. The number of carboxylic acids is 1. The number of hydrogen-bond donors (Lipinski definition) is 1. The normalized spacial score (nSPS) is 9.56. The lowest BCUT2D eigenvalue weighted by atomic mass is 10.1. The number of hydrogen-bond acceptors (Lipinski definition) is 5. The monoisotopic (exact) mass is 258 g/mol. The Morgan fingerprint density at radius 1 is 1.00 bits per heavy atom. The van der Waals surface area contributed by atoms with Gasteiger partial charge < -0.3 is 14.6 Å². The number of ether oxygens (including phenoxy) is 2. The zero-order valence-corrected chi connectivity index (χ0v) is 10.2. The fourth-order valence-electron chi connectivity index (χ4n) is 1.15. The third-order valence-electron chi connectivity index (χ3n) is 2.03. The predicted molar refractivity (Wildman–Crippen MR) is 62.8 cm³/mol. The number of carboxylic acid groups (broad SMARTS) is 1. The molecule has 1 N–H and O–H groups in total. The smallest absolute Gasteiger partial charge is 0.330 e. The molecule has 0 heterocycles. The van der Waals surface area contributed by atoms with Crippen molar-refractivity contribution >= 4 is 17.9 Å². The van der Waals surface area contributed by atoms with Gasteiger partial charge in [-0.25, -0.2) is 4.79 Å². The van der Waals surface area contributed by atoms with E-state index in [-0.39, 0.29) is 32.0 Å². The van der Waals surface area contributed by atoms with Gasteiger partial charge in [0.1, 0.15) is 13.2 Å². The lowest BCUT2D eigenvalue weighted by Crippen LogP contribution is -2.12. The number of carbonyl (C=O) groups excluding carboxylic acids is 2. The van der Waals surface area contributed by atoms with Gasteiger partial charge in [-0.05, 0) is 12.8 Å². The summed E-state index contributed by atoms with van der Waals surface area (Å²) in [4.78, 5) is 32.0. The zero-order chi connectivity index (χ0) is 13.8. The van der Waals surface area contributed by atoms with Gasteiger partial charge in [-0.2, -0.15) is 0 Å². The highest BCUT2D eigenvalue weighted by molar-refractivity contribution is 5.81. The van der Waals surface area contributed by atoms with Crippen LogP contribution in [0.1, 0.15) is 32.1 Å². The molecule has 0 aliphatic heterocycles. The summed E-state index contributed by atoms with van der Waals surface area (Å²) < 4.78 is 9.41. The van der Waals surface area contributed by atoms with Crippen LogP contribution in [0.4, 0.5) is 0 Å². The first-order valence-electron chi connectivity index (χ1n) is 5.73. The average molecular weight is 258 g/mol. The van der Waals surface area contributed by atoms with Gasteiger partial charge in [0.2, 0.25) is 0 Å². The second-order valence-electron chi connectivity index (χ2n) is 3.55. The van der Waals surface area contributed by atoms with Gasteiger partial charge in [-0.1, -0.05) is 13.0 Å². The first-order valence-corrected chi connectivity index (χ1v) is 5.73. The van der Waals surface area contributed by atoms with Crippen LogP contribution < -0.4 is 0 Å². The van der Waals surface area contributed by atoms with Crippen LogP contribution in [0.25, 0.3) is 0 Å². The quantitative estimate of drug-likeness (QED) is 0.361. The van der Waals surface area contributed by atoms with Crippen molar-refractivity contribution in [3.8, 4) is 0 Å². The molecule has 0 spiro atoms. The highest BCUT2D eigenvalue weighted by Gasteiger charge is 2.04. The Bertz CT molecular complexity index is 297. The van der Waals surface area contributed by atoms with E-state index in [0.717, 1.165) is 6.08 Å². The Labute approximate surface area is 106 Å². The summed E-state index contributed by atoms with van der Waals surface area (Å²) in [5.41, 5.74) is 0. The van der Waals surface area contributed by atoms with Crippen molar-refractivity contribution in [3.05, 3.63) is 12.7 Å². The molecule has 0 atom stereocenters. The number of esters is 2. The summed E-state index contributed by atoms with van der Waals surface area (Å²) in [5.74, 6) is -1.76. The van der Waals surface area contributed by atoms with Gasteiger partial charge in [0.15, 0.2) is 0 Å². The van der Waals surface area contributed by atoms with Crippen LogP contribution in [-0.4, -0.2) is 36.2 Å². The summed E-state index contributed by atoms with van der Waals surface area (Å²) in [6, 6.07) is 0. The SMILES string of the molecule is C=CC(=O)OCCOC(=O)CCCCCC(=O)O. The van der Waals surface area contributed by atoms with E-state index < -0.39 is 11.9 Å². The second-order valence-corrected chi connectivity index (χ2v) is 3.55. The van der Waals surface area contributed by atoms with E-state index in [1.165, 1.54) is 0 Å². The van der Waals surface area contributed by atoms with Crippen molar-refractivity contribution in [2.24, 2.45) is 0 Å². The zero-order valence-electron chi connectivity index (χ0n) is 10.2. The summed E-state index contributed by atoms with van der Waals surface area (Å²) in [7, 11) is 0. The van der Waals surface area contributed by atoms with Gasteiger partial charge in [0, 0.05) is 18.9 Å². The maximum atomic E-state index is 11.2. The minimum absolute atomic E-state index is 0.00953. The molecule has 0 saturated heterocycles. The summed E-state index contributed by atoms with van der Waals surface area (Å²) >= 11 is 0. The van der Waals surface area contributed by atoms with E-state index >= 15 is 0 Å². The number of carbonyl (C=O) groups is 3. The lowest BCUT2D eigenvalue weighted by Gasteiger charge is -2.04. The maximum Gasteiger partial charge on any atom is 0.330 e. The predicted octanol–water partition coefficient (Wildman–Crippen LogP) is 1.29. The van der Waals surface area contributed by atoms with E-state index in [1.54, 1.807) is 0 Å². The Kier molecular flexibility index (Phi) is 9.25. The largest absolute Gasteiger partial charge is 0.481 e. The minimum Gasteiger partial charge on any atom is -0.481 e. The number of aliphatic carboxylic acids is 1. The molecule has 6 heteroatoms. The summed E-state index contributed by atoms with van der Waals surface area (Å²) in [6.07, 6.45) is 3.22. The van der Waals surface area contributed by atoms with Crippen LogP contribution in [0.2, 0.25) is 0 Å². The molecule has 6 nitrogen and oxygen atoms in total. The Morgan fingerprint density at radius 2 is 1.61 bits per heavy atom. The van der Waals surface area contributed by atoms with Crippen LogP contribution in [-0.2, 0) is 23.9 Å². The lowest BCUT2D eigenvalue weighted by molar-refractivity contribution is -0.149. The molecule has 0 rings (SSSR count). The van der Waals surface area contributed by atoms with Crippen molar-refractivity contribution < 1.29 is 29.0 Å².